The van der Waals surface area contributed by atoms with Gasteiger partial charge in [-0.15, -0.1) is 0 Å². The Labute approximate surface area is 135 Å². The lowest BCUT2D eigenvalue weighted by atomic mass is 9.96. The average Bonchev–Trinajstić information content (AvgIpc) is 2.91. The topological polar surface area (TPSA) is 38.0 Å². The van der Waals surface area contributed by atoms with E-state index in [0.717, 1.165) is 34.4 Å². The van der Waals surface area contributed by atoms with E-state index in [1.165, 1.54) is 12.1 Å². The van der Waals surface area contributed by atoms with Crippen LogP contribution < -0.4 is 0 Å². The average molecular weight is 310 g/mol. The molecule has 0 amide bonds. The monoisotopic (exact) mass is 310 g/mol. The van der Waals surface area contributed by atoms with E-state index >= 15 is 0 Å². The number of hydrogen-bond acceptors (Lipinski definition) is 2. The van der Waals surface area contributed by atoms with Crippen LogP contribution in [-0.4, -0.2) is 21.3 Å². The molecule has 0 unspecified atom stereocenters. The molecule has 0 bridgehead atoms. The van der Waals surface area contributed by atoms with Gasteiger partial charge in [0.15, 0.2) is 0 Å². The molecule has 118 valence electrons. The summed E-state index contributed by atoms with van der Waals surface area (Å²) in [6, 6.07) is 10.5. The summed E-state index contributed by atoms with van der Waals surface area (Å²) < 4.78 is 15.3. The fourth-order valence-electron chi connectivity index (χ4n) is 2.90. The van der Waals surface area contributed by atoms with Crippen LogP contribution in [0.2, 0.25) is 0 Å². The van der Waals surface area contributed by atoms with Crippen LogP contribution in [0, 0.1) is 5.82 Å². The first-order valence-electron chi connectivity index (χ1n) is 7.66. The van der Waals surface area contributed by atoms with Gasteiger partial charge in [-0.05, 0) is 48.2 Å². The first kappa shape index (κ1) is 15.4. The van der Waals surface area contributed by atoms with Crippen LogP contribution in [0.15, 0.2) is 55.0 Å². The highest BCUT2D eigenvalue weighted by Gasteiger charge is 2.17. The molecule has 0 radical (unpaired) electrons. The maximum atomic E-state index is 13.2. The van der Waals surface area contributed by atoms with Gasteiger partial charge in [0.05, 0.1) is 0 Å². The second kappa shape index (κ2) is 6.75. The molecule has 1 aromatic carbocycles. The molecule has 0 fully saturated rings. The Morgan fingerprint density at radius 3 is 2.39 bits per heavy atom. The lowest BCUT2D eigenvalue weighted by molar-refractivity contribution is 0.287. The zero-order chi connectivity index (χ0) is 16.2. The Hall–Kier alpha value is -2.46. The van der Waals surface area contributed by atoms with Crippen LogP contribution in [-0.2, 0) is 13.5 Å². The number of aromatic nitrogens is 2. The van der Waals surface area contributed by atoms with E-state index in [1.807, 2.05) is 19.2 Å². The number of aliphatic hydroxyl groups is 1. The van der Waals surface area contributed by atoms with Crippen LogP contribution in [0.5, 0.6) is 0 Å². The number of rotatable bonds is 5. The van der Waals surface area contributed by atoms with E-state index in [-0.39, 0.29) is 12.4 Å². The molecule has 0 saturated heterocycles. The summed E-state index contributed by atoms with van der Waals surface area (Å²) in [5.41, 5.74) is 5.39. The van der Waals surface area contributed by atoms with E-state index < -0.39 is 0 Å². The predicted octanol–water partition coefficient (Wildman–Crippen LogP) is 3.82. The molecule has 0 saturated carbocycles. The van der Waals surface area contributed by atoms with Crippen LogP contribution in [0.25, 0.3) is 22.3 Å². The van der Waals surface area contributed by atoms with Gasteiger partial charge in [0.25, 0.3) is 0 Å². The van der Waals surface area contributed by atoms with Gasteiger partial charge in [0, 0.05) is 49.1 Å². The summed E-state index contributed by atoms with van der Waals surface area (Å²) in [7, 11) is 2.00. The van der Waals surface area contributed by atoms with Crippen molar-refractivity contribution in [2.75, 3.05) is 6.61 Å². The van der Waals surface area contributed by atoms with Crippen molar-refractivity contribution in [2.45, 2.75) is 12.8 Å². The number of aliphatic hydroxyl groups excluding tert-OH is 1. The predicted molar refractivity (Wildman–Crippen MR) is 89.4 cm³/mol. The molecule has 2 heterocycles. The van der Waals surface area contributed by atoms with Crippen LogP contribution >= 0.6 is 0 Å². The Morgan fingerprint density at radius 1 is 1.04 bits per heavy atom. The van der Waals surface area contributed by atoms with E-state index in [4.69, 9.17) is 0 Å². The summed E-state index contributed by atoms with van der Waals surface area (Å²) in [5.74, 6) is -0.240. The Bertz CT molecular complexity index is 779. The van der Waals surface area contributed by atoms with Gasteiger partial charge in [-0.1, -0.05) is 12.1 Å². The molecule has 3 nitrogen and oxygen atoms in total. The maximum absolute atomic E-state index is 13.2. The smallest absolute Gasteiger partial charge is 0.123 e. The van der Waals surface area contributed by atoms with Gasteiger partial charge in [0.2, 0.25) is 0 Å². The molecule has 2 aromatic heterocycles. The SMILES string of the molecule is Cn1cc(-c2ccc(F)cc2)c(-c2ccncc2)c1CCCO. The van der Waals surface area contributed by atoms with Gasteiger partial charge < -0.3 is 9.67 Å². The molecule has 4 heteroatoms. The van der Waals surface area contributed by atoms with E-state index in [0.29, 0.717) is 6.42 Å². The second-order valence-electron chi connectivity index (χ2n) is 5.55. The summed E-state index contributed by atoms with van der Waals surface area (Å²) in [6.07, 6.45) is 7.10. The van der Waals surface area contributed by atoms with Gasteiger partial charge in [0.1, 0.15) is 5.82 Å². The van der Waals surface area contributed by atoms with Crippen LogP contribution in [0.1, 0.15) is 12.1 Å². The normalized spacial score (nSPS) is 10.9. The van der Waals surface area contributed by atoms with Crippen molar-refractivity contribution in [3.05, 3.63) is 66.5 Å². The number of nitrogens with zero attached hydrogens (tertiary/aromatic N) is 2. The van der Waals surface area contributed by atoms with Crippen LogP contribution in [0.4, 0.5) is 4.39 Å². The van der Waals surface area contributed by atoms with Crippen molar-refractivity contribution in [3.63, 3.8) is 0 Å². The fourth-order valence-corrected chi connectivity index (χ4v) is 2.90. The Kier molecular flexibility index (Phi) is 4.53. The summed E-state index contributed by atoms with van der Waals surface area (Å²) in [5, 5.41) is 9.17. The highest BCUT2D eigenvalue weighted by Crippen LogP contribution is 2.36. The molecule has 3 rings (SSSR count). The molecular formula is C19H19FN2O. The third-order valence-corrected chi connectivity index (χ3v) is 4.00. The third-order valence-electron chi connectivity index (χ3n) is 4.00. The minimum atomic E-state index is -0.240. The number of halogens is 1. The first-order valence-corrected chi connectivity index (χ1v) is 7.66. The van der Waals surface area contributed by atoms with Gasteiger partial charge in [-0.25, -0.2) is 4.39 Å². The molecule has 3 aromatic rings. The van der Waals surface area contributed by atoms with Crippen molar-refractivity contribution in [2.24, 2.45) is 7.05 Å². The van der Waals surface area contributed by atoms with Crippen molar-refractivity contribution in [1.82, 2.24) is 9.55 Å². The second-order valence-corrected chi connectivity index (χ2v) is 5.55. The highest BCUT2D eigenvalue weighted by atomic mass is 19.1. The molecule has 0 aliphatic heterocycles. The molecular weight excluding hydrogens is 291 g/mol. The summed E-state index contributed by atoms with van der Waals surface area (Å²) in [6.45, 7) is 0.160. The molecule has 0 aliphatic rings. The molecule has 0 aliphatic carbocycles. The number of aryl methyl sites for hydroxylation is 1. The fraction of sp³-hybridized carbons (Fsp3) is 0.211. The number of benzene rings is 1. The lowest BCUT2D eigenvalue weighted by Crippen LogP contribution is -1.99. The van der Waals surface area contributed by atoms with Crippen molar-refractivity contribution < 1.29 is 9.50 Å². The highest BCUT2D eigenvalue weighted by molar-refractivity contribution is 5.85. The maximum Gasteiger partial charge on any atom is 0.123 e. The Morgan fingerprint density at radius 2 is 1.74 bits per heavy atom. The standard InChI is InChI=1S/C19H19FN2O/c1-22-13-17(14-4-6-16(20)7-5-14)19(18(22)3-2-12-23)15-8-10-21-11-9-15/h4-11,13,23H,2-3,12H2,1H3. The Balaban J connectivity index is 2.17. The quantitative estimate of drug-likeness (QED) is 0.778. The van der Waals surface area contributed by atoms with Crippen molar-refractivity contribution >= 4 is 0 Å². The number of pyridine rings is 1. The zero-order valence-electron chi connectivity index (χ0n) is 13.0. The molecule has 1 N–H and O–H groups in total. The lowest BCUT2D eigenvalue weighted by Gasteiger charge is -2.09. The van der Waals surface area contributed by atoms with Crippen LogP contribution in [0.3, 0.4) is 0 Å². The largest absolute Gasteiger partial charge is 0.396 e. The van der Waals surface area contributed by atoms with Gasteiger partial charge in [-0.2, -0.15) is 0 Å². The molecule has 23 heavy (non-hydrogen) atoms. The van der Waals surface area contributed by atoms with Crippen molar-refractivity contribution in [1.29, 1.82) is 0 Å². The first-order chi connectivity index (χ1) is 11.2. The van der Waals surface area contributed by atoms with E-state index in [9.17, 15) is 9.50 Å². The third kappa shape index (κ3) is 3.17. The minimum Gasteiger partial charge on any atom is -0.396 e. The molecule has 0 spiro atoms. The van der Waals surface area contributed by atoms with E-state index in [2.05, 4.69) is 15.7 Å². The number of hydrogen-bond donors (Lipinski definition) is 1. The molecule has 0 atom stereocenters. The zero-order valence-corrected chi connectivity index (χ0v) is 13.0. The van der Waals surface area contributed by atoms with E-state index in [1.54, 1.807) is 24.5 Å². The summed E-state index contributed by atoms with van der Waals surface area (Å²) >= 11 is 0. The minimum absolute atomic E-state index is 0.160. The van der Waals surface area contributed by atoms with Gasteiger partial charge in [-0.3, -0.25) is 4.98 Å². The van der Waals surface area contributed by atoms with Crippen molar-refractivity contribution in [3.8, 4) is 22.3 Å². The summed E-state index contributed by atoms with van der Waals surface area (Å²) in [4.78, 5) is 4.09. The van der Waals surface area contributed by atoms with Gasteiger partial charge >= 0.3 is 0 Å².